The Labute approximate surface area is 688 Å². The van der Waals surface area contributed by atoms with Crippen molar-refractivity contribution in [2.24, 2.45) is 0 Å². The van der Waals surface area contributed by atoms with Crippen molar-refractivity contribution in [1.82, 2.24) is 47.3 Å². The minimum atomic E-state index is 0.556. The number of aromatic nitrogens is 10. The summed E-state index contributed by atoms with van der Waals surface area (Å²) in [5, 5.41) is 13.7. The molecule has 0 atom stereocenters. The van der Waals surface area contributed by atoms with Gasteiger partial charge in [-0.25, -0.2) is 19.9 Å². The second-order valence-electron chi connectivity index (χ2n) is 31.2. The van der Waals surface area contributed by atoms with Gasteiger partial charge in [0.1, 0.15) is 11.4 Å². The maximum Gasteiger partial charge on any atom is 0.165 e. The Hall–Kier alpha value is -16.3. The van der Waals surface area contributed by atoms with Crippen molar-refractivity contribution in [2.45, 2.75) is 0 Å². The quantitative estimate of drug-likeness (QED) is 0.122. The third-order valence-electron chi connectivity index (χ3n) is 24.7. The molecule has 0 aliphatic carbocycles. The van der Waals surface area contributed by atoms with Crippen LogP contribution >= 0.6 is 0 Å². The van der Waals surface area contributed by atoms with Gasteiger partial charge in [0.05, 0.1) is 66.2 Å². The smallest absolute Gasteiger partial charge is 0.165 e. The van der Waals surface area contributed by atoms with Crippen LogP contribution in [-0.2, 0) is 0 Å². The first kappa shape index (κ1) is 67.1. The lowest BCUT2D eigenvalue weighted by molar-refractivity contribution is 0.961. The highest BCUT2D eigenvalue weighted by Crippen LogP contribution is 2.51. The Morgan fingerprint density at radius 1 is 0.142 bits per heavy atom. The van der Waals surface area contributed by atoms with Gasteiger partial charge in [0.25, 0.3) is 0 Å². The minimum Gasteiger partial charge on any atom is -0.309 e. The Balaban J connectivity index is 0.822. The molecule has 0 saturated carbocycles. The molecule has 0 bridgehead atoms. The SMILES string of the molecule is c1ccc(-c2nc(-c3ccccc3)nc(-c3ccc(-c4c(-n5c6ccccc6c6cc(-c7ccc8c(c7)c7ccccc7n8-c7ccccc7)ccc65)c(-n5c6ccccc6c6ccccc65)nc(-n5c6ccccc6c6ccccc65)c4-n4c5ccccc5c5cc(-c6ccc7c(c6)c6ccccc6n7-c6ccccc6)ccc54)cc3)n2)cc1. The summed E-state index contributed by atoms with van der Waals surface area (Å²) in [6.07, 6.45) is 0. The second kappa shape index (κ2) is 26.6. The minimum absolute atomic E-state index is 0.556. The van der Waals surface area contributed by atoms with Crippen molar-refractivity contribution in [1.29, 1.82) is 0 Å². The van der Waals surface area contributed by atoms with E-state index in [1.807, 2.05) is 36.4 Å². The van der Waals surface area contributed by atoms with Crippen LogP contribution in [0.2, 0.25) is 0 Å². The average Bonchev–Trinajstić information content (AvgIpc) is 1.51. The van der Waals surface area contributed by atoms with E-state index in [-0.39, 0.29) is 0 Å². The number of hydrogen-bond donors (Lipinski definition) is 0. The van der Waals surface area contributed by atoms with Gasteiger partial charge in [0, 0.05) is 98.3 Å². The van der Waals surface area contributed by atoms with E-state index in [1.165, 1.54) is 32.6 Å². The predicted molar refractivity (Wildman–Crippen MR) is 496 cm³/mol. The van der Waals surface area contributed by atoms with Crippen LogP contribution in [-0.4, -0.2) is 47.3 Å². The lowest BCUT2D eigenvalue weighted by Gasteiger charge is -2.27. The van der Waals surface area contributed by atoms with Crippen LogP contribution in [0.25, 0.3) is 233 Å². The molecule has 558 valence electrons. The van der Waals surface area contributed by atoms with Gasteiger partial charge in [-0.3, -0.25) is 9.13 Å². The normalized spacial score (nSPS) is 12.0. The fourth-order valence-corrected chi connectivity index (χ4v) is 19.4. The molecular weight excluding hydrogens is 1460 g/mol. The molecule has 0 saturated heterocycles. The Morgan fingerprint density at radius 3 is 0.650 bits per heavy atom. The highest BCUT2D eigenvalue weighted by molar-refractivity contribution is 6.19. The summed E-state index contributed by atoms with van der Waals surface area (Å²) in [4.78, 5) is 22.6. The number of para-hydroxylation sites is 10. The first-order chi connectivity index (χ1) is 59.6. The van der Waals surface area contributed by atoms with E-state index >= 15 is 0 Å². The third-order valence-corrected chi connectivity index (χ3v) is 24.7. The van der Waals surface area contributed by atoms with Crippen molar-refractivity contribution in [3.63, 3.8) is 0 Å². The standard InChI is InChI=1S/C110H68N10/c1-5-29-70(30-6-1)106-111-107(71-31-7-2-8-32-71)113-108(112-106)72-55-53-69(54-56-72)103-104(117-93-47-23-19-43-85(93)89-67-75(59-63-101(89)117)73-57-61-99-87(65-73)83-41-17-21-45-91(83)115(99)77-33-9-3-10-34-77)109(119-95-49-25-13-37-79(95)80-38-14-26-50-96(80)119)114-110(120-97-51-27-15-39-81(97)82-40-16-28-52-98(82)120)105(103)118-94-48-24-20-44-86(94)90-68-76(60-64-102(90)118)74-58-62-100-88(66-74)84-42-18-22-46-92(84)116(100)78-35-11-4-12-36-78/h1-68H. The molecule has 25 aromatic rings. The molecule has 10 nitrogen and oxygen atoms in total. The molecule has 0 fully saturated rings. The van der Waals surface area contributed by atoms with E-state index in [0.717, 1.165) is 183 Å². The van der Waals surface area contributed by atoms with Gasteiger partial charge in [0.2, 0.25) is 0 Å². The summed E-state index contributed by atoms with van der Waals surface area (Å²) in [6, 6.07) is 150. The zero-order valence-corrected chi connectivity index (χ0v) is 64.7. The van der Waals surface area contributed by atoms with Crippen LogP contribution in [0.5, 0.6) is 0 Å². The van der Waals surface area contributed by atoms with Crippen LogP contribution < -0.4 is 0 Å². The van der Waals surface area contributed by atoms with Crippen LogP contribution in [0.1, 0.15) is 0 Å². The monoisotopic (exact) mass is 1530 g/mol. The van der Waals surface area contributed by atoms with E-state index < -0.39 is 0 Å². The third kappa shape index (κ3) is 10.2. The van der Waals surface area contributed by atoms with E-state index in [9.17, 15) is 0 Å². The number of benzene rings is 17. The molecule has 17 aromatic carbocycles. The lowest BCUT2D eigenvalue weighted by Crippen LogP contribution is -2.16. The highest BCUT2D eigenvalue weighted by Gasteiger charge is 2.34. The average molecular weight is 1530 g/mol. The molecule has 0 radical (unpaired) electrons. The van der Waals surface area contributed by atoms with Gasteiger partial charge < -0.3 is 18.3 Å². The Kier molecular flexibility index (Phi) is 14.9. The highest BCUT2D eigenvalue weighted by atomic mass is 15.2. The topological polar surface area (TPSA) is 81.1 Å². The predicted octanol–water partition coefficient (Wildman–Crippen LogP) is 27.9. The molecule has 0 aliphatic rings. The summed E-state index contributed by atoms with van der Waals surface area (Å²) < 4.78 is 14.8. The summed E-state index contributed by atoms with van der Waals surface area (Å²) in [7, 11) is 0. The van der Waals surface area contributed by atoms with Crippen molar-refractivity contribution < 1.29 is 0 Å². The van der Waals surface area contributed by atoms with Crippen LogP contribution in [0, 0.1) is 0 Å². The van der Waals surface area contributed by atoms with Crippen molar-refractivity contribution in [3.8, 4) is 102 Å². The number of pyridine rings is 1. The molecule has 0 N–H and O–H groups in total. The summed E-state index contributed by atoms with van der Waals surface area (Å²) in [5.41, 5.74) is 25.8. The van der Waals surface area contributed by atoms with Crippen molar-refractivity contribution in [2.75, 3.05) is 0 Å². The van der Waals surface area contributed by atoms with Crippen LogP contribution in [0.4, 0.5) is 0 Å². The number of fused-ring (bicyclic) bond motifs is 18. The van der Waals surface area contributed by atoms with Crippen LogP contribution in [0.15, 0.2) is 413 Å². The van der Waals surface area contributed by atoms with Gasteiger partial charge in [-0.2, -0.15) is 0 Å². The summed E-state index contributed by atoms with van der Waals surface area (Å²) >= 11 is 0. The zero-order chi connectivity index (χ0) is 78.6. The molecular formula is C110H68N10. The van der Waals surface area contributed by atoms with E-state index in [0.29, 0.717) is 17.5 Å². The molecule has 8 aromatic heterocycles. The molecule has 0 aliphatic heterocycles. The molecule has 0 spiro atoms. The molecule has 25 rings (SSSR count). The molecule has 120 heavy (non-hydrogen) atoms. The van der Waals surface area contributed by atoms with Gasteiger partial charge >= 0.3 is 0 Å². The Morgan fingerprint density at radius 2 is 0.350 bits per heavy atom. The van der Waals surface area contributed by atoms with Crippen molar-refractivity contribution >= 4 is 131 Å². The molecule has 10 heteroatoms. The van der Waals surface area contributed by atoms with Gasteiger partial charge in [0.15, 0.2) is 29.1 Å². The molecule has 0 amide bonds. The molecule has 0 unspecified atom stereocenters. The first-order valence-corrected chi connectivity index (χ1v) is 40.8. The largest absolute Gasteiger partial charge is 0.309 e. The van der Waals surface area contributed by atoms with E-state index in [2.05, 4.69) is 404 Å². The molecule has 8 heterocycles. The first-order valence-electron chi connectivity index (χ1n) is 40.8. The maximum absolute atomic E-state index is 6.66. The summed E-state index contributed by atoms with van der Waals surface area (Å²) in [6.45, 7) is 0. The summed E-state index contributed by atoms with van der Waals surface area (Å²) in [5.74, 6) is 3.21. The van der Waals surface area contributed by atoms with E-state index in [4.69, 9.17) is 19.9 Å². The lowest BCUT2D eigenvalue weighted by atomic mass is 9.98. The van der Waals surface area contributed by atoms with Gasteiger partial charge in [-0.05, 0) is 149 Å². The van der Waals surface area contributed by atoms with Gasteiger partial charge in [-0.15, -0.1) is 0 Å². The fraction of sp³-hybridized carbons (Fsp3) is 0. The van der Waals surface area contributed by atoms with Gasteiger partial charge in [-0.1, -0.05) is 291 Å². The fourth-order valence-electron chi connectivity index (χ4n) is 19.4. The number of nitrogens with zero attached hydrogens (tertiary/aromatic N) is 10. The second-order valence-corrected chi connectivity index (χ2v) is 31.2. The van der Waals surface area contributed by atoms with Crippen molar-refractivity contribution in [3.05, 3.63) is 413 Å². The van der Waals surface area contributed by atoms with E-state index in [1.54, 1.807) is 0 Å². The number of hydrogen-bond acceptors (Lipinski definition) is 4. The maximum atomic E-state index is 6.66. The zero-order valence-electron chi connectivity index (χ0n) is 64.7. The number of rotatable bonds is 12. The Bertz CT molecular complexity index is 7940. The van der Waals surface area contributed by atoms with Crippen LogP contribution in [0.3, 0.4) is 0 Å².